The lowest BCUT2D eigenvalue weighted by Crippen LogP contribution is -2.34. The molecule has 0 aromatic heterocycles. The summed E-state index contributed by atoms with van der Waals surface area (Å²) in [5.74, 6) is 0. The van der Waals surface area contributed by atoms with Gasteiger partial charge in [-0.25, -0.2) is 0 Å². The number of nitrogens with two attached hydrogens (primary N) is 1. The van der Waals surface area contributed by atoms with Crippen molar-refractivity contribution in [3.8, 4) is 0 Å². The maximum atomic E-state index is 5.18. The molecule has 3 N–H and O–H groups in total. The van der Waals surface area contributed by atoms with Gasteiger partial charge in [0.15, 0.2) is 5.11 Å². The first-order valence-electron chi connectivity index (χ1n) is 2.81. The number of hydrogen-bond donors (Lipinski definition) is 2. The first-order valence-corrected chi connectivity index (χ1v) is 3.22. The van der Waals surface area contributed by atoms with Gasteiger partial charge in [-0.05, 0) is 26.3 Å². The van der Waals surface area contributed by atoms with E-state index in [1.807, 2.05) is 14.1 Å². The molecule has 0 fully saturated rings. The fraction of sp³-hybridized carbons (Fsp3) is 0.800. The fourth-order valence-corrected chi connectivity index (χ4v) is 0.505. The van der Waals surface area contributed by atoms with Crippen LogP contribution in [-0.4, -0.2) is 37.2 Å². The van der Waals surface area contributed by atoms with Crippen LogP contribution in [0.3, 0.4) is 0 Å². The Bertz CT molecular complexity index is 96.9. The number of thiocarbonyl (C=S) groups is 1. The van der Waals surface area contributed by atoms with Gasteiger partial charge in [0.25, 0.3) is 0 Å². The van der Waals surface area contributed by atoms with E-state index < -0.39 is 0 Å². The monoisotopic (exact) mass is 183 g/mol. The molecular weight excluding hydrogens is 170 g/mol. The maximum absolute atomic E-state index is 5.18. The van der Waals surface area contributed by atoms with E-state index >= 15 is 0 Å². The highest BCUT2D eigenvalue weighted by Crippen LogP contribution is 1.69. The molecule has 5 heteroatoms. The van der Waals surface area contributed by atoms with E-state index in [2.05, 4.69) is 22.4 Å². The van der Waals surface area contributed by atoms with Crippen LogP contribution in [0.15, 0.2) is 0 Å². The molecule has 0 aromatic rings. The maximum Gasteiger partial charge on any atom is 0.163 e. The average molecular weight is 184 g/mol. The highest BCUT2D eigenvalue weighted by atomic mass is 35.5. The number of likely N-dealkylation sites (N-methyl/N-ethyl adjacent to an activating group) is 1. The van der Waals surface area contributed by atoms with Gasteiger partial charge in [-0.1, -0.05) is 0 Å². The Morgan fingerprint density at radius 3 is 2.40 bits per heavy atom. The Balaban J connectivity index is 0. The molecule has 0 amide bonds. The van der Waals surface area contributed by atoms with Gasteiger partial charge in [0.05, 0.1) is 0 Å². The first-order chi connectivity index (χ1) is 4.13. The van der Waals surface area contributed by atoms with E-state index in [9.17, 15) is 0 Å². The molecule has 0 radical (unpaired) electrons. The number of hydrogen-bond acceptors (Lipinski definition) is 2. The van der Waals surface area contributed by atoms with Crippen molar-refractivity contribution in [1.82, 2.24) is 10.2 Å². The van der Waals surface area contributed by atoms with Crippen LogP contribution in [0.2, 0.25) is 0 Å². The summed E-state index contributed by atoms with van der Waals surface area (Å²) < 4.78 is 0. The van der Waals surface area contributed by atoms with E-state index in [4.69, 9.17) is 5.73 Å². The van der Waals surface area contributed by atoms with Crippen molar-refractivity contribution in [2.24, 2.45) is 5.73 Å². The molecule has 0 aliphatic rings. The Kier molecular flexibility index (Phi) is 8.89. The molecule has 0 aliphatic carbocycles. The average Bonchev–Trinajstić information content (AvgIpc) is 1.63. The SMILES string of the molecule is CN(C)CCNC(N)=S.Cl. The quantitative estimate of drug-likeness (QED) is 0.595. The number of halogens is 1. The smallest absolute Gasteiger partial charge is 0.163 e. The van der Waals surface area contributed by atoms with Crippen LogP contribution in [-0.2, 0) is 0 Å². The van der Waals surface area contributed by atoms with E-state index in [1.165, 1.54) is 0 Å². The van der Waals surface area contributed by atoms with Crippen molar-refractivity contribution in [2.45, 2.75) is 0 Å². The van der Waals surface area contributed by atoms with Crippen molar-refractivity contribution >= 4 is 29.7 Å². The van der Waals surface area contributed by atoms with Crippen LogP contribution in [0.25, 0.3) is 0 Å². The van der Waals surface area contributed by atoms with Crippen LogP contribution in [0.5, 0.6) is 0 Å². The lowest BCUT2D eigenvalue weighted by molar-refractivity contribution is 0.413. The molecule has 0 spiro atoms. The minimum absolute atomic E-state index is 0. The Morgan fingerprint density at radius 2 is 2.10 bits per heavy atom. The third-order valence-electron chi connectivity index (χ3n) is 0.858. The molecule has 0 saturated heterocycles. The van der Waals surface area contributed by atoms with Crippen LogP contribution in [0, 0.1) is 0 Å². The standard InChI is InChI=1S/C5H13N3S.ClH/c1-8(2)4-3-7-5(6)9;/h3-4H2,1-2H3,(H3,6,7,9);1H. The van der Waals surface area contributed by atoms with Gasteiger partial charge in [-0.3, -0.25) is 0 Å². The summed E-state index contributed by atoms with van der Waals surface area (Å²) in [6, 6.07) is 0. The van der Waals surface area contributed by atoms with Crippen molar-refractivity contribution in [1.29, 1.82) is 0 Å². The lowest BCUT2D eigenvalue weighted by atomic mass is 10.6. The second kappa shape index (κ2) is 7.05. The molecule has 0 bridgehead atoms. The van der Waals surface area contributed by atoms with Crippen molar-refractivity contribution in [2.75, 3.05) is 27.2 Å². The van der Waals surface area contributed by atoms with Crippen LogP contribution in [0.1, 0.15) is 0 Å². The summed E-state index contributed by atoms with van der Waals surface area (Å²) in [6.07, 6.45) is 0. The molecule has 0 atom stereocenters. The minimum atomic E-state index is 0. The summed E-state index contributed by atoms with van der Waals surface area (Å²) in [5.41, 5.74) is 5.18. The van der Waals surface area contributed by atoms with Gasteiger partial charge in [0.2, 0.25) is 0 Å². The van der Waals surface area contributed by atoms with E-state index in [1.54, 1.807) is 0 Å². The number of rotatable bonds is 3. The normalized spacial score (nSPS) is 8.70. The summed E-state index contributed by atoms with van der Waals surface area (Å²) in [6.45, 7) is 1.78. The summed E-state index contributed by atoms with van der Waals surface area (Å²) in [5, 5.41) is 3.22. The summed E-state index contributed by atoms with van der Waals surface area (Å²) in [4.78, 5) is 2.06. The zero-order valence-corrected chi connectivity index (χ0v) is 7.89. The first kappa shape index (κ1) is 12.6. The van der Waals surface area contributed by atoms with Crippen LogP contribution < -0.4 is 11.1 Å². The van der Waals surface area contributed by atoms with Crippen molar-refractivity contribution < 1.29 is 0 Å². The molecule has 0 saturated carbocycles. The van der Waals surface area contributed by atoms with Crippen molar-refractivity contribution in [3.05, 3.63) is 0 Å². The topological polar surface area (TPSA) is 41.3 Å². The molecule has 3 nitrogen and oxygen atoms in total. The van der Waals surface area contributed by atoms with E-state index in [-0.39, 0.29) is 12.4 Å². The number of nitrogens with one attached hydrogen (secondary N) is 1. The van der Waals surface area contributed by atoms with Crippen LogP contribution >= 0.6 is 24.6 Å². The third-order valence-corrected chi connectivity index (χ3v) is 1.00. The predicted octanol–water partition coefficient (Wildman–Crippen LogP) is -0.197. The molecular formula is C5H14ClN3S. The van der Waals surface area contributed by atoms with Gasteiger partial charge < -0.3 is 16.0 Å². The second-order valence-electron chi connectivity index (χ2n) is 2.09. The second-order valence-corrected chi connectivity index (χ2v) is 2.53. The summed E-state index contributed by atoms with van der Waals surface area (Å²) in [7, 11) is 4.00. The Hall–Kier alpha value is -0.0600. The molecule has 0 aromatic carbocycles. The van der Waals surface area contributed by atoms with E-state index in [0.29, 0.717) is 5.11 Å². The van der Waals surface area contributed by atoms with E-state index in [0.717, 1.165) is 13.1 Å². The molecule has 62 valence electrons. The molecule has 0 heterocycles. The van der Waals surface area contributed by atoms with Crippen LogP contribution in [0.4, 0.5) is 0 Å². The summed E-state index contributed by atoms with van der Waals surface area (Å²) >= 11 is 4.60. The molecule has 0 rings (SSSR count). The third kappa shape index (κ3) is 10.8. The fourth-order valence-electron chi connectivity index (χ4n) is 0.403. The zero-order valence-electron chi connectivity index (χ0n) is 6.26. The van der Waals surface area contributed by atoms with Crippen molar-refractivity contribution in [3.63, 3.8) is 0 Å². The molecule has 0 unspecified atom stereocenters. The van der Waals surface area contributed by atoms with Gasteiger partial charge in [0, 0.05) is 13.1 Å². The Morgan fingerprint density at radius 1 is 1.60 bits per heavy atom. The van der Waals surface area contributed by atoms with Gasteiger partial charge in [0.1, 0.15) is 0 Å². The minimum Gasteiger partial charge on any atom is -0.376 e. The predicted molar refractivity (Wildman–Crippen MR) is 50.6 cm³/mol. The lowest BCUT2D eigenvalue weighted by Gasteiger charge is -2.09. The van der Waals surface area contributed by atoms with Gasteiger partial charge in [-0.15, -0.1) is 12.4 Å². The van der Waals surface area contributed by atoms with Gasteiger partial charge >= 0.3 is 0 Å². The van der Waals surface area contributed by atoms with Gasteiger partial charge in [-0.2, -0.15) is 0 Å². The number of nitrogens with zero attached hydrogens (tertiary/aromatic N) is 1. The highest BCUT2D eigenvalue weighted by molar-refractivity contribution is 7.80. The molecule has 0 aliphatic heterocycles. The molecule has 10 heavy (non-hydrogen) atoms. The highest BCUT2D eigenvalue weighted by Gasteiger charge is 1.88. The Labute approximate surface area is 73.4 Å². The zero-order chi connectivity index (χ0) is 7.28. The largest absolute Gasteiger partial charge is 0.376 e.